The van der Waals surface area contributed by atoms with Crippen LogP contribution in [0.5, 0.6) is 11.5 Å². The first kappa shape index (κ1) is 33.6. The van der Waals surface area contributed by atoms with Gasteiger partial charge in [-0.1, -0.05) is 12.1 Å². The van der Waals surface area contributed by atoms with Crippen LogP contribution in [0.25, 0.3) is 11.0 Å². The van der Waals surface area contributed by atoms with Gasteiger partial charge >= 0.3 is 0 Å². The lowest BCUT2D eigenvalue weighted by Crippen LogP contribution is -2.49. The standard InChI is InChI=1S/C36H44N6O5/c1-24-12-15-31(33(21-24)47-20-7-6-9-27(23-43)42-18-16-40(3)17-19-42)41(4)36(45)26-13-14-28(32(22-26)46-5)35(44)39-30-11-8-10-29-34(30)38-25(2)37-29/h8,10-15,21-23,27H,6-7,9,16-20H2,1-5H3,(H,37,38)(H,39,44). The van der Waals surface area contributed by atoms with Gasteiger partial charge < -0.3 is 34.4 Å². The van der Waals surface area contributed by atoms with Gasteiger partial charge in [0.2, 0.25) is 0 Å². The molecule has 5 rings (SSSR count). The largest absolute Gasteiger partial charge is 0.496 e. The van der Waals surface area contributed by atoms with Crippen LogP contribution in [-0.2, 0) is 4.79 Å². The van der Waals surface area contributed by atoms with Crippen molar-refractivity contribution in [2.75, 3.05) is 64.2 Å². The number of rotatable bonds is 13. The molecular formula is C36H44N6O5. The topological polar surface area (TPSA) is 120 Å². The summed E-state index contributed by atoms with van der Waals surface area (Å²) in [6.45, 7) is 8.08. The van der Waals surface area contributed by atoms with E-state index >= 15 is 0 Å². The summed E-state index contributed by atoms with van der Waals surface area (Å²) >= 11 is 0. The Morgan fingerprint density at radius 2 is 1.83 bits per heavy atom. The zero-order valence-electron chi connectivity index (χ0n) is 27.8. The normalized spacial score (nSPS) is 14.5. The minimum atomic E-state index is -0.375. The Labute approximate surface area is 275 Å². The summed E-state index contributed by atoms with van der Waals surface area (Å²) in [6, 6.07) is 16.0. The molecule has 11 heteroatoms. The van der Waals surface area contributed by atoms with Gasteiger partial charge in [-0.25, -0.2) is 4.98 Å². The van der Waals surface area contributed by atoms with E-state index in [9.17, 15) is 14.4 Å². The molecule has 0 spiro atoms. The van der Waals surface area contributed by atoms with Crippen LogP contribution in [-0.4, -0.2) is 97.9 Å². The molecule has 2 amide bonds. The number of aldehydes is 1. The van der Waals surface area contributed by atoms with Gasteiger partial charge in [-0.3, -0.25) is 14.5 Å². The average molecular weight is 641 g/mol. The van der Waals surface area contributed by atoms with Crippen molar-refractivity contribution >= 4 is 40.5 Å². The molecule has 1 saturated heterocycles. The van der Waals surface area contributed by atoms with Gasteiger partial charge in [-0.05, 0) is 88.2 Å². The van der Waals surface area contributed by atoms with Crippen molar-refractivity contribution < 1.29 is 23.9 Å². The fraction of sp³-hybridized carbons (Fsp3) is 0.389. The van der Waals surface area contributed by atoms with Crippen molar-refractivity contribution in [2.45, 2.75) is 39.2 Å². The molecule has 1 aromatic heterocycles. The van der Waals surface area contributed by atoms with Crippen molar-refractivity contribution in [3.8, 4) is 11.5 Å². The summed E-state index contributed by atoms with van der Waals surface area (Å²) in [7, 11) is 5.27. The molecule has 0 bridgehead atoms. The van der Waals surface area contributed by atoms with E-state index in [4.69, 9.17) is 9.47 Å². The molecular weight excluding hydrogens is 596 g/mol. The lowest BCUT2D eigenvalue weighted by Gasteiger charge is -2.35. The summed E-state index contributed by atoms with van der Waals surface area (Å²) in [4.78, 5) is 52.5. The first-order valence-corrected chi connectivity index (χ1v) is 16.0. The average Bonchev–Trinajstić information content (AvgIpc) is 3.47. The fourth-order valence-corrected chi connectivity index (χ4v) is 5.90. The van der Waals surface area contributed by atoms with E-state index in [2.05, 4.69) is 32.1 Å². The zero-order chi connectivity index (χ0) is 33.5. The number of piperazine rings is 1. The first-order chi connectivity index (χ1) is 22.7. The Morgan fingerprint density at radius 3 is 2.57 bits per heavy atom. The zero-order valence-corrected chi connectivity index (χ0v) is 27.8. The Kier molecular flexibility index (Phi) is 10.9. The van der Waals surface area contributed by atoms with Crippen LogP contribution in [0.2, 0.25) is 0 Å². The van der Waals surface area contributed by atoms with Crippen molar-refractivity contribution in [1.29, 1.82) is 0 Å². The summed E-state index contributed by atoms with van der Waals surface area (Å²) in [5, 5.41) is 2.92. The second kappa shape index (κ2) is 15.2. The van der Waals surface area contributed by atoms with E-state index in [1.54, 1.807) is 36.2 Å². The third kappa shape index (κ3) is 7.98. The molecule has 11 nitrogen and oxygen atoms in total. The number of aromatic amines is 1. The van der Waals surface area contributed by atoms with Gasteiger partial charge in [-0.2, -0.15) is 0 Å². The number of carbonyl (C=O) groups excluding carboxylic acids is 3. The number of carbonyl (C=O) groups is 3. The number of nitrogens with zero attached hydrogens (tertiary/aromatic N) is 4. The van der Waals surface area contributed by atoms with Gasteiger partial charge in [0.15, 0.2) is 0 Å². The van der Waals surface area contributed by atoms with Crippen LogP contribution < -0.4 is 19.7 Å². The summed E-state index contributed by atoms with van der Waals surface area (Å²) in [5.74, 6) is 0.981. The van der Waals surface area contributed by atoms with Crippen LogP contribution >= 0.6 is 0 Å². The molecule has 1 fully saturated rings. The predicted octanol–water partition coefficient (Wildman–Crippen LogP) is 5.08. The number of amides is 2. The fourth-order valence-electron chi connectivity index (χ4n) is 5.90. The van der Waals surface area contributed by atoms with E-state index in [1.165, 1.54) is 7.11 Å². The number of nitrogens with one attached hydrogen (secondary N) is 2. The summed E-state index contributed by atoms with van der Waals surface area (Å²) in [5.41, 5.74) is 4.36. The minimum absolute atomic E-state index is 0.0637. The van der Waals surface area contributed by atoms with Crippen molar-refractivity contribution in [3.05, 3.63) is 77.1 Å². The predicted molar refractivity (Wildman–Crippen MR) is 184 cm³/mol. The number of benzene rings is 3. The Morgan fingerprint density at radius 1 is 1.04 bits per heavy atom. The molecule has 1 unspecified atom stereocenters. The van der Waals surface area contributed by atoms with Crippen LogP contribution in [0, 0.1) is 13.8 Å². The highest BCUT2D eigenvalue weighted by Crippen LogP contribution is 2.31. The lowest BCUT2D eigenvalue weighted by molar-refractivity contribution is -0.113. The number of unbranched alkanes of at least 4 members (excludes halogenated alkanes) is 1. The third-order valence-corrected chi connectivity index (χ3v) is 8.67. The van der Waals surface area contributed by atoms with Gasteiger partial charge in [0.25, 0.3) is 11.8 Å². The number of aromatic nitrogens is 2. The minimum Gasteiger partial charge on any atom is -0.496 e. The van der Waals surface area contributed by atoms with Gasteiger partial charge in [0.05, 0.1) is 42.2 Å². The number of para-hydroxylation sites is 1. The van der Waals surface area contributed by atoms with E-state index in [0.29, 0.717) is 40.4 Å². The van der Waals surface area contributed by atoms with E-state index < -0.39 is 0 Å². The molecule has 1 aliphatic heterocycles. The molecule has 248 valence electrons. The Balaban J connectivity index is 1.22. The molecule has 4 aromatic rings. The number of aryl methyl sites for hydroxylation is 2. The Hall–Kier alpha value is -4.74. The van der Waals surface area contributed by atoms with Crippen molar-refractivity contribution in [3.63, 3.8) is 0 Å². The molecule has 47 heavy (non-hydrogen) atoms. The quantitative estimate of drug-likeness (QED) is 0.153. The molecule has 0 aliphatic carbocycles. The van der Waals surface area contributed by atoms with Crippen LogP contribution in [0.1, 0.15) is 51.4 Å². The van der Waals surface area contributed by atoms with Crippen molar-refractivity contribution in [2.24, 2.45) is 0 Å². The molecule has 2 heterocycles. The van der Waals surface area contributed by atoms with Gasteiger partial charge in [0.1, 0.15) is 29.1 Å². The number of likely N-dealkylation sites (N-methyl/N-ethyl adjacent to an activating group) is 1. The van der Waals surface area contributed by atoms with Gasteiger partial charge in [-0.15, -0.1) is 0 Å². The number of methoxy groups -OCH3 is 1. The second-order valence-electron chi connectivity index (χ2n) is 12.1. The number of ether oxygens (including phenoxy) is 2. The summed E-state index contributed by atoms with van der Waals surface area (Å²) < 4.78 is 11.7. The molecule has 2 N–H and O–H groups in total. The third-order valence-electron chi connectivity index (χ3n) is 8.67. The van der Waals surface area contributed by atoms with E-state index in [1.807, 2.05) is 44.2 Å². The first-order valence-electron chi connectivity index (χ1n) is 16.0. The SMILES string of the molecule is COc1cc(C(=O)N(C)c2ccc(C)cc2OCCCCC(C=O)N2CCN(C)CC2)ccc1C(=O)Nc1cccc2[nH]c(C)nc12. The maximum atomic E-state index is 13.7. The number of H-pyrrole nitrogens is 1. The van der Waals surface area contributed by atoms with Crippen LogP contribution in [0.4, 0.5) is 11.4 Å². The second-order valence-corrected chi connectivity index (χ2v) is 12.1. The molecule has 0 saturated carbocycles. The number of fused-ring (bicyclic) bond motifs is 1. The van der Waals surface area contributed by atoms with Crippen LogP contribution in [0.15, 0.2) is 54.6 Å². The molecule has 1 aliphatic rings. The highest BCUT2D eigenvalue weighted by Gasteiger charge is 2.23. The smallest absolute Gasteiger partial charge is 0.259 e. The molecule has 1 atom stereocenters. The van der Waals surface area contributed by atoms with Gasteiger partial charge in [0, 0.05) is 38.8 Å². The number of imidazole rings is 1. The lowest BCUT2D eigenvalue weighted by atomic mass is 10.1. The Bertz CT molecular complexity index is 1730. The molecule has 0 radical (unpaired) electrons. The highest BCUT2D eigenvalue weighted by molar-refractivity contribution is 6.11. The highest BCUT2D eigenvalue weighted by atomic mass is 16.5. The number of hydrogen-bond acceptors (Lipinski definition) is 8. The molecule has 3 aromatic carbocycles. The monoisotopic (exact) mass is 640 g/mol. The number of hydrogen-bond donors (Lipinski definition) is 2. The van der Waals surface area contributed by atoms with Crippen LogP contribution in [0.3, 0.4) is 0 Å². The maximum absolute atomic E-state index is 13.7. The van der Waals surface area contributed by atoms with Crippen molar-refractivity contribution in [1.82, 2.24) is 19.8 Å². The number of anilines is 2. The van der Waals surface area contributed by atoms with E-state index in [0.717, 1.165) is 68.6 Å². The maximum Gasteiger partial charge on any atom is 0.259 e. The van der Waals surface area contributed by atoms with E-state index in [-0.39, 0.29) is 23.6 Å². The summed E-state index contributed by atoms with van der Waals surface area (Å²) in [6.07, 6.45) is 3.52.